The zero-order chi connectivity index (χ0) is 17.1. The highest BCUT2D eigenvalue weighted by molar-refractivity contribution is 5.94. The van der Waals surface area contributed by atoms with E-state index in [9.17, 15) is 9.59 Å². The first kappa shape index (κ1) is 19.7. The lowest BCUT2D eigenvalue weighted by atomic mass is 9.67. The number of benzene rings is 1. The number of hydrogen-bond acceptors (Lipinski definition) is 3. The molecule has 0 aromatic heterocycles. The quantitative estimate of drug-likeness (QED) is 0.765. The fraction of sp³-hybridized carbons (Fsp3) is 0.579. The molecule has 2 amide bonds. The largest absolute Gasteiger partial charge is 0.352 e. The maximum absolute atomic E-state index is 12.6. The lowest BCUT2D eigenvalue weighted by molar-refractivity contribution is -0.119. The van der Waals surface area contributed by atoms with Crippen molar-refractivity contribution in [3.8, 4) is 0 Å². The molecule has 2 unspecified atom stereocenters. The van der Waals surface area contributed by atoms with Gasteiger partial charge < -0.3 is 16.4 Å². The Balaban J connectivity index is 0.00000225. The fourth-order valence-electron chi connectivity index (χ4n) is 4.26. The highest BCUT2D eigenvalue weighted by Crippen LogP contribution is 2.39. The predicted octanol–water partition coefficient (Wildman–Crippen LogP) is 2.38. The zero-order valence-electron chi connectivity index (χ0n) is 14.7. The summed E-state index contributed by atoms with van der Waals surface area (Å²) in [6.45, 7) is 1.98. The number of nitrogens with two attached hydrogens (primary N) is 1. The van der Waals surface area contributed by atoms with Gasteiger partial charge in [0, 0.05) is 31.1 Å². The van der Waals surface area contributed by atoms with E-state index in [4.69, 9.17) is 5.73 Å². The normalized spacial score (nSPS) is 27.8. The van der Waals surface area contributed by atoms with Crippen LogP contribution in [0.1, 0.15) is 54.9 Å². The highest BCUT2D eigenvalue weighted by atomic mass is 35.5. The van der Waals surface area contributed by atoms with E-state index in [2.05, 4.69) is 10.6 Å². The van der Waals surface area contributed by atoms with Crippen LogP contribution >= 0.6 is 12.4 Å². The van der Waals surface area contributed by atoms with Crippen LogP contribution in [0, 0.1) is 11.8 Å². The molecule has 0 heterocycles. The van der Waals surface area contributed by atoms with Crippen LogP contribution in [0.5, 0.6) is 0 Å². The minimum absolute atomic E-state index is 0. The van der Waals surface area contributed by atoms with Crippen LogP contribution in [0.4, 0.5) is 0 Å². The first-order chi connectivity index (χ1) is 11.5. The molecule has 2 aliphatic rings. The van der Waals surface area contributed by atoms with E-state index >= 15 is 0 Å². The van der Waals surface area contributed by atoms with Crippen molar-refractivity contribution in [3.05, 3.63) is 35.4 Å². The van der Waals surface area contributed by atoms with Crippen molar-refractivity contribution in [2.24, 2.45) is 17.6 Å². The monoisotopic (exact) mass is 365 g/mol. The highest BCUT2D eigenvalue weighted by Gasteiger charge is 2.39. The Bertz CT molecular complexity index is 591. The standard InChI is InChI=1S/C19H27N3O2.ClH/c1-12(23)21-11-13-5-7-14(8-6-13)19(24)22-18-15-3-2-4-16(18)10-17(20)9-15;/h5-8,15-18H,2-4,9-11,20H2,1H3,(H,21,23)(H,22,24);1H. The minimum atomic E-state index is -0.0566. The molecule has 5 nitrogen and oxygen atoms in total. The molecule has 2 atom stereocenters. The van der Waals surface area contributed by atoms with E-state index in [1.807, 2.05) is 24.3 Å². The minimum Gasteiger partial charge on any atom is -0.352 e. The number of fused-ring (bicyclic) bond motifs is 2. The summed E-state index contributed by atoms with van der Waals surface area (Å²) in [5, 5.41) is 6.02. The van der Waals surface area contributed by atoms with Crippen molar-refractivity contribution in [2.45, 2.75) is 57.7 Å². The average molecular weight is 366 g/mol. The Hall–Kier alpha value is -1.59. The number of nitrogens with one attached hydrogen (secondary N) is 2. The van der Waals surface area contributed by atoms with Crippen molar-refractivity contribution in [1.29, 1.82) is 0 Å². The van der Waals surface area contributed by atoms with Crippen LogP contribution in [0.2, 0.25) is 0 Å². The zero-order valence-corrected chi connectivity index (χ0v) is 15.5. The Labute approximate surface area is 155 Å². The van der Waals surface area contributed by atoms with Gasteiger partial charge in [0.15, 0.2) is 0 Å². The summed E-state index contributed by atoms with van der Waals surface area (Å²) >= 11 is 0. The average Bonchev–Trinajstić information content (AvgIpc) is 2.54. The Morgan fingerprint density at radius 3 is 2.28 bits per heavy atom. The SMILES string of the molecule is CC(=O)NCc1ccc(C(=O)NC2C3CCCC2CC(N)C3)cc1.Cl. The van der Waals surface area contributed by atoms with Gasteiger partial charge in [0.2, 0.25) is 5.91 Å². The molecule has 3 rings (SSSR count). The molecular formula is C19H28ClN3O2. The Kier molecular flexibility index (Phi) is 6.85. The van der Waals surface area contributed by atoms with Gasteiger partial charge in [0.25, 0.3) is 5.91 Å². The molecular weight excluding hydrogens is 338 g/mol. The third-order valence-electron chi connectivity index (χ3n) is 5.43. The molecule has 2 fully saturated rings. The maximum atomic E-state index is 12.6. The van der Waals surface area contributed by atoms with Gasteiger partial charge in [-0.15, -0.1) is 12.4 Å². The molecule has 1 aromatic rings. The smallest absolute Gasteiger partial charge is 0.251 e. The number of amides is 2. The van der Waals surface area contributed by atoms with Crippen molar-refractivity contribution in [1.82, 2.24) is 10.6 Å². The van der Waals surface area contributed by atoms with Gasteiger partial charge in [0.05, 0.1) is 0 Å². The van der Waals surface area contributed by atoms with Crippen LogP contribution in [0.3, 0.4) is 0 Å². The molecule has 0 spiro atoms. The second kappa shape index (κ2) is 8.68. The second-order valence-electron chi connectivity index (χ2n) is 7.29. The first-order valence-electron chi connectivity index (χ1n) is 8.92. The molecule has 0 saturated heterocycles. The van der Waals surface area contributed by atoms with E-state index in [-0.39, 0.29) is 30.3 Å². The molecule has 6 heteroatoms. The molecule has 25 heavy (non-hydrogen) atoms. The number of carbonyl (C=O) groups is 2. The van der Waals surface area contributed by atoms with Gasteiger partial charge in [-0.2, -0.15) is 0 Å². The molecule has 4 N–H and O–H groups in total. The Morgan fingerprint density at radius 1 is 1.12 bits per heavy atom. The molecule has 0 radical (unpaired) electrons. The number of carbonyl (C=O) groups excluding carboxylic acids is 2. The summed E-state index contributed by atoms with van der Waals surface area (Å²) in [6.07, 6.45) is 5.65. The van der Waals surface area contributed by atoms with Crippen molar-refractivity contribution in [2.75, 3.05) is 0 Å². The van der Waals surface area contributed by atoms with E-state index in [1.165, 1.54) is 26.2 Å². The van der Waals surface area contributed by atoms with Crippen LogP contribution in [0.25, 0.3) is 0 Å². The molecule has 2 bridgehead atoms. The van der Waals surface area contributed by atoms with Crippen molar-refractivity contribution in [3.63, 3.8) is 0 Å². The van der Waals surface area contributed by atoms with Crippen LogP contribution in [-0.2, 0) is 11.3 Å². The lowest BCUT2D eigenvalue weighted by Gasteiger charge is -2.45. The summed E-state index contributed by atoms with van der Waals surface area (Å²) in [7, 11) is 0. The van der Waals surface area contributed by atoms with Crippen LogP contribution in [-0.4, -0.2) is 23.9 Å². The maximum Gasteiger partial charge on any atom is 0.251 e. The lowest BCUT2D eigenvalue weighted by Crippen LogP contribution is -2.53. The Morgan fingerprint density at radius 2 is 1.72 bits per heavy atom. The van der Waals surface area contributed by atoms with Gasteiger partial charge in [-0.1, -0.05) is 18.6 Å². The fourth-order valence-corrected chi connectivity index (χ4v) is 4.26. The van der Waals surface area contributed by atoms with Gasteiger partial charge in [-0.3, -0.25) is 9.59 Å². The summed E-state index contributed by atoms with van der Waals surface area (Å²) in [6, 6.07) is 8.00. The summed E-state index contributed by atoms with van der Waals surface area (Å²) in [4.78, 5) is 23.5. The summed E-state index contributed by atoms with van der Waals surface area (Å²) in [5.41, 5.74) is 7.82. The third-order valence-corrected chi connectivity index (χ3v) is 5.43. The van der Waals surface area contributed by atoms with Crippen LogP contribution < -0.4 is 16.4 Å². The van der Waals surface area contributed by atoms with E-state index in [1.54, 1.807) is 0 Å². The van der Waals surface area contributed by atoms with Crippen LogP contribution in [0.15, 0.2) is 24.3 Å². The summed E-state index contributed by atoms with van der Waals surface area (Å²) in [5.74, 6) is 0.989. The molecule has 138 valence electrons. The topological polar surface area (TPSA) is 84.2 Å². The third kappa shape index (κ3) is 4.95. The molecule has 0 aliphatic heterocycles. The van der Waals surface area contributed by atoms with Crippen molar-refractivity contribution < 1.29 is 9.59 Å². The number of rotatable bonds is 4. The van der Waals surface area contributed by atoms with Gasteiger partial charge in [-0.25, -0.2) is 0 Å². The van der Waals surface area contributed by atoms with E-state index in [0.717, 1.165) is 18.4 Å². The van der Waals surface area contributed by atoms with Gasteiger partial charge in [0.1, 0.15) is 0 Å². The van der Waals surface area contributed by atoms with E-state index < -0.39 is 0 Å². The van der Waals surface area contributed by atoms with Crippen molar-refractivity contribution >= 4 is 24.2 Å². The van der Waals surface area contributed by atoms with E-state index in [0.29, 0.717) is 30.0 Å². The second-order valence-corrected chi connectivity index (χ2v) is 7.29. The van der Waals surface area contributed by atoms with Gasteiger partial charge >= 0.3 is 0 Å². The number of hydrogen-bond donors (Lipinski definition) is 3. The molecule has 2 aliphatic carbocycles. The molecule has 1 aromatic carbocycles. The summed E-state index contributed by atoms with van der Waals surface area (Å²) < 4.78 is 0. The first-order valence-corrected chi connectivity index (χ1v) is 8.92. The number of halogens is 1. The van der Waals surface area contributed by atoms with Gasteiger partial charge in [-0.05, 0) is 55.2 Å². The predicted molar refractivity (Wildman–Crippen MR) is 101 cm³/mol. The molecule has 2 saturated carbocycles.